The van der Waals surface area contributed by atoms with E-state index in [1.807, 2.05) is 13.0 Å². The van der Waals surface area contributed by atoms with E-state index in [0.29, 0.717) is 12.5 Å². The summed E-state index contributed by atoms with van der Waals surface area (Å²) in [4.78, 5) is 27.5. The highest BCUT2D eigenvalue weighted by Crippen LogP contribution is 2.36. The van der Waals surface area contributed by atoms with Gasteiger partial charge in [-0.15, -0.1) is 0 Å². The van der Waals surface area contributed by atoms with Gasteiger partial charge in [0.1, 0.15) is 11.3 Å². The van der Waals surface area contributed by atoms with Crippen molar-refractivity contribution < 1.29 is 9.21 Å². The average Bonchev–Trinajstić information content (AvgIpc) is 2.58. The van der Waals surface area contributed by atoms with Gasteiger partial charge in [0.25, 0.3) is 5.91 Å². The normalized spacial score (nSPS) is 20.0. The van der Waals surface area contributed by atoms with Crippen molar-refractivity contribution in [3.63, 3.8) is 0 Å². The van der Waals surface area contributed by atoms with Crippen molar-refractivity contribution in [1.29, 1.82) is 0 Å². The first-order valence-electron chi connectivity index (χ1n) is 10.1. The van der Waals surface area contributed by atoms with Crippen molar-refractivity contribution in [2.24, 2.45) is 0 Å². The maximum absolute atomic E-state index is 12.8. The van der Waals surface area contributed by atoms with Crippen LogP contribution in [0.5, 0.6) is 0 Å². The molecule has 5 heteroatoms. The first kappa shape index (κ1) is 19.2. The van der Waals surface area contributed by atoms with Crippen LogP contribution in [0.2, 0.25) is 0 Å². The second-order valence-corrected chi connectivity index (χ2v) is 8.10. The zero-order chi connectivity index (χ0) is 18.7. The largest absolute Gasteiger partial charge is 0.427 e. The van der Waals surface area contributed by atoms with Crippen molar-refractivity contribution in [2.45, 2.75) is 76.7 Å². The Kier molecular flexibility index (Phi) is 5.86. The molecule has 0 radical (unpaired) electrons. The Hall–Kier alpha value is -1.62. The van der Waals surface area contributed by atoms with Gasteiger partial charge in [0, 0.05) is 18.0 Å². The number of nitrogens with one attached hydrogen (secondary N) is 1. The Morgan fingerprint density at radius 3 is 2.50 bits per heavy atom. The van der Waals surface area contributed by atoms with Gasteiger partial charge >= 0.3 is 5.63 Å². The van der Waals surface area contributed by atoms with Gasteiger partial charge in [-0.2, -0.15) is 0 Å². The third-order valence-corrected chi connectivity index (χ3v) is 6.55. The lowest BCUT2D eigenvalue weighted by atomic mass is 9.80. The summed E-state index contributed by atoms with van der Waals surface area (Å²) >= 11 is 0. The summed E-state index contributed by atoms with van der Waals surface area (Å²) in [6, 6.07) is 1.88. The van der Waals surface area contributed by atoms with Crippen LogP contribution >= 0.6 is 0 Å². The molecule has 2 aliphatic carbocycles. The molecule has 26 heavy (non-hydrogen) atoms. The molecule has 1 aromatic rings. The number of hydrogen-bond acceptors (Lipinski definition) is 4. The molecule has 0 spiro atoms. The van der Waals surface area contributed by atoms with Crippen molar-refractivity contribution in [1.82, 2.24) is 10.2 Å². The smallest absolute Gasteiger partial charge is 0.349 e. The first-order valence-corrected chi connectivity index (χ1v) is 10.1. The van der Waals surface area contributed by atoms with E-state index in [4.69, 9.17) is 4.42 Å². The molecule has 0 aromatic carbocycles. The number of rotatable bonds is 6. The minimum atomic E-state index is -0.494. The number of carbonyl (C=O) groups is 1. The van der Waals surface area contributed by atoms with Crippen LogP contribution in [0.25, 0.3) is 0 Å². The van der Waals surface area contributed by atoms with Crippen LogP contribution < -0.4 is 10.9 Å². The number of hydrogen-bond donors (Lipinski definition) is 1. The minimum Gasteiger partial charge on any atom is -0.427 e. The Morgan fingerprint density at radius 1 is 1.27 bits per heavy atom. The molecule has 0 saturated heterocycles. The minimum absolute atomic E-state index is 0.00261. The van der Waals surface area contributed by atoms with Crippen LogP contribution in [0.3, 0.4) is 0 Å². The van der Waals surface area contributed by atoms with E-state index in [9.17, 15) is 9.59 Å². The van der Waals surface area contributed by atoms with Crippen LogP contribution in [0.4, 0.5) is 0 Å². The number of carbonyl (C=O) groups excluding carboxylic acids is 1. The fourth-order valence-electron chi connectivity index (χ4n) is 4.37. The van der Waals surface area contributed by atoms with E-state index >= 15 is 0 Å². The van der Waals surface area contributed by atoms with Crippen LogP contribution in [0.15, 0.2) is 15.3 Å². The lowest BCUT2D eigenvalue weighted by molar-refractivity contribution is 0.0697. The SMILES string of the molecule is CCN(C)C1(CNC(=O)c2c(C)cc(C3CCC3)oc2=O)CCCCC1. The van der Waals surface area contributed by atoms with E-state index in [0.717, 1.165) is 43.6 Å². The molecule has 0 aliphatic heterocycles. The van der Waals surface area contributed by atoms with Gasteiger partial charge in [-0.1, -0.05) is 32.6 Å². The second kappa shape index (κ2) is 7.95. The third-order valence-electron chi connectivity index (χ3n) is 6.55. The fourth-order valence-corrected chi connectivity index (χ4v) is 4.37. The topological polar surface area (TPSA) is 62.6 Å². The average molecular weight is 360 g/mol. The predicted octanol–water partition coefficient (Wildman–Crippen LogP) is 3.60. The number of likely N-dealkylation sites (N-methyl/N-ethyl adjacent to an activating group) is 1. The van der Waals surface area contributed by atoms with E-state index in [2.05, 4.69) is 24.2 Å². The predicted molar refractivity (Wildman–Crippen MR) is 103 cm³/mol. The molecule has 0 unspecified atom stereocenters. The molecule has 3 rings (SSSR count). The van der Waals surface area contributed by atoms with Crippen molar-refractivity contribution in [2.75, 3.05) is 20.1 Å². The van der Waals surface area contributed by atoms with Gasteiger partial charge in [-0.3, -0.25) is 9.69 Å². The lowest BCUT2D eigenvalue weighted by Crippen LogP contribution is -2.55. The standard InChI is InChI=1S/C21H32N2O3/c1-4-23(3)21(11-6-5-7-12-21)14-22-19(24)18-15(2)13-17(26-20(18)25)16-9-8-10-16/h13,16H,4-12,14H2,1-3H3,(H,22,24). The van der Waals surface area contributed by atoms with Gasteiger partial charge < -0.3 is 9.73 Å². The number of nitrogens with zero attached hydrogens (tertiary/aromatic N) is 1. The molecule has 2 saturated carbocycles. The maximum atomic E-state index is 12.8. The highest BCUT2D eigenvalue weighted by Gasteiger charge is 2.36. The molecule has 2 fully saturated rings. The Bertz CT molecular complexity index is 700. The number of aryl methyl sites for hydroxylation is 1. The van der Waals surface area contributed by atoms with Crippen molar-refractivity contribution in [3.05, 3.63) is 33.4 Å². The van der Waals surface area contributed by atoms with E-state index in [-0.39, 0.29) is 17.0 Å². The molecule has 5 nitrogen and oxygen atoms in total. The lowest BCUT2D eigenvalue weighted by Gasteiger charge is -2.44. The molecule has 0 atom stereocenters. The molecule has 1 N–H and O–H groups in total. The van der Waals surface area contributed by atoms with E-state index in [1.165, 1.54) is 25.7 Å². The van der Waals surface area contributed by atoms with Gasteiger partial charge in [0.2, 0.25) is 0 Å². The van der Waals surface area contributed by atoms with Gasteiger partial charge in [0.05, 0.1) is 0 Å². The summed E-state index contributed by atoms with van der Waals surface area (Å²) in [6.45, 7) is 5.52. The monoisotopic (exact) mass is 360 g/mol. The summed E-state index contributed by atoms with van der Waals surface area (Å²) in [5.41, 5.74) is 0.397. The molecule has 144 valence electrons. The zero-order valence-corrected chi connectivity index (χ0v) is 16.4. The van der Waals surface area contributed by atoms with Gasteiger partial charge in [0.15, 0.2) is 0 Å². The maximum Gasteiger partial charge on any atom is 0.349 e. The Labute approximate surface area is 156 Å². The summed E-state index contributed by atoms with van der Waals surface area (Å²) in [7, 11) is 2.13. The summed E-state index contributed by atoms with van der Waals surface area (Å²) in [6.07, 6.45) is 9.15. The molecular weight excluding hydrogens is 328 g/mol. The van der Waals surface area contributed by atoms with E-state index in [1.54, 1.807) is 0 Å². The summed E-state index contributed by atoms with van der Waals surface area (Å²) in [5, 5.41) is 3.04. The van der Waals surface area contributed by atoms with Crippen LogP contribution in [0.1, 0.15) is 85.9 Å². The zero-order valence-electron chi connectivity index (χ0n) is 16.4. The fraction of sp³-hybridized carbons (Fsp3) is 0.714. The van der Waals surface area contributed by atoms with Gasteiger partial charge in [-0.05, 0) is 57.8 Å². The summed E-state index contributed by atoms with van der Waals surface area (Å²) < 4.78 is 5.47. The van der Waals surface area contributed by atoms with Crippen LogP contribution in [-0.2, 0) is 0 Å². The molecule has 1 heterocycles. The summed E-state index contributed by atoms with van der Waals surface area (Å²) in [5.74, 6) is 0.790. The molecular formula is C21H32N2O3. The van der Waals surface area contributed by atoms with Crippen LogP contribution in [0, 0.1) is 6.92 Å². The quantitative estimate of drug-likeness (QED) is 0.842. The molecule has 0 bridgehead atoms. The third kappa shape index (κ3) is 3.73. The first-order chi connectivity index (χ1) is 12.5. The second-order valence-electron chi connectivity index (χ2n) is 8.10. The van der Waals surface area contributed by atoms with Crippen molar-refractivity contribution in [3.8, 4) is 0 Å². The molecule has 1 amide bonds. The van der Waals surface area contributed by atoms with Crippen molar-refractivity contribution >= 4 is 5.91 Å². The number of amides is 1. The van der Waals surface area contributed by atoms with E-state index < -0.39 is 5.63 Å². The Morgan fingerprint density at radius 2 is 1.96 bits per heavy atom. The Balaban J connectivity index is 1.74. The molecule has 1 aromatic heterocycles. The van der Waals surface area contributed by atoms with Crippen LogP contribution in [-0.4, -0.2) is 36.5 Å². The molecule has 2 aliphatic rings. The highest BCUT2D eigenvalue weighted by atomic mass is 16.4. The highest BCUT2D eigenvalue weighted by molar-refractivity contribution is 5.95. The van der Waals surface area contributed by atoms with Gasteiger partial charge in [-0.25, -0.2) is 4.79 Å².